The van der Waals surface area contributed by atoms with Crippen molar-refractivity contribution in [1.29, 1.82) is 0 Å². The van der Waals surface area contributed by atoms with Crippen molar-refractivity contribution in [2.45, 2.75) is 39.1 Å². The van der Waals surface area contributed by atoms with Crippen LogP contribution in [0.5, 0.6) is 0 Å². The largest absolute Gasteiger partial charge is 0.394 e. The Morgan fingerprint density at radius 1 is 1.47 bits per heavy atom. The van der Waals surface area contributed by atoms with Gasteiger partial charge >= 0.3 is 0 Å². The third kappa shape index (κ3) is 4.03. The van der Waals surface area contributed by atoms with E-state index in [0.717, 1.165) is 12.2 Å². The summed E-state index contributed by atoms with van der Waals surface area (Å²) in [5.41, 5.74) is 1.12. The highest BCUT2D eigenvalue weighted by Gasteiger charge is 2.06. The molecule has 3 N–H and O–H groups in total. The molecule has 1 aromatic heterocycles. The maximum absolute atomic E-state index is 9.34. The summed E-state index contributed by atoms with van der Waals surface area (Å²) >= 11 is 0. The van der Waals surface area contributed by atoms with Crippen molar-refractivity contribution in [3.63, 3.8) is 0 Å². The van der Waals surface area contributed by atoms with Gasteiger partial charge in [-0.3, -0.25) is 0 Å². The number of nitrogens with zero attached hydrogens (tertiary/aromatic N) is 1. The van der Waals surface area contributed by atoms with Gasteiger partial charge in [-0.25, -0.2) is 0 Å². The van der Waals surface area contributed by atoms with Crippen molar-refractivity contribution in [3.8, 4) is 0 Å². The number of aromatic nitrogens is 1. The molecule has 0 fully saturated rings. The minimum atomic E-state index is -0.685. The minimum absolute atomic E-state index is 0.199. The normalized spacial score (nSPS) is 13.4. The molecule has 4 nitrogen and oxygen atoms in total. The van der Waals surface area contributed by atoms with Crippen molar-refractivity contribution in [1.82, 2.24) is 9.88 Å². The zero-order valence-corrected chi connectivity index (χ0v) is 9.35. The van der Waals surface area contributed by atoms with E-state index in [9.17, 15) is 5.11 Å². The number of rotatable bonds is 6. The smallest absolute Gasteiger partial charge is 0.0949 e. The molecule has 1 atom stereocenters. The van der Waals surface area contributed by atoms with Crippen molar-refractivity contribution in [2.75, 3.05) is 6.61 Å². The highest BCUT2D eigenvalue weighted by Crippen LogP contribution is 2.04. The Balaban J connectivity index is 2.53. The fraction of sp³-hybridized carbons (Fsp3) is 0.636. The first kappa shape index (κ1) is 12.2. The molecule has 0 aliphatic carbocycles. The standard InChI is InChI=1S/C11H20N2O2/c1-9(2)12-6-10-4-3-5-13(10)7-11(15)8-14/h3-5,9,11-12,14-15H,6-8H2,1-2H3. The first-order valence-corrected chi connectivity index (χ1v) is 5.29. The monoisotopic (exact) mass is 212 g/mol. The Labute approximate surface area is 90.5 Å². The lowest BCUT2D eigenvalue weighted by Crippen LogP contribution is -2.26. The van der Waals surface area contributed by atoms with Crippen LogP contribution in [0.4, 0.5) is 0 Å². The summed E-state index contributed by atoms with van der Waals surface area (Å²) in [5, 5.41) is 21.4. The van der Waals surface area contributed by atoms with Gasteiger partial charge in [-0.05, 0) is 12.1 Å². The summed E-state index contributed by atoms with van der Waals surface area (Å²) in [5.74, 6) is 0. The molecule has 1 aromatic rings. The van der Waals surface area contributed by atoms with Gasteiger partial charge in [0.05, 0.1) is 19.3 Å². The summed E-state index contributed by atoms with van der Waals surface area (Å²) in [4.78, 5) is 0. The average Bonchev–Trinajstić information content (AvgIpc) is 2.62. The molecule has 15 heavy (non-hydrogen) atoms. The lowest BCUT2D eigenvalue weighted by Gasteiger charge is -2.14. The van der Waals surface area contributed by atoms with Gasteiger partial charge in [0.2, 0.25) is 0 Å². The fourth-order valence-electron chi connectivity index (χ4n) is 1.38. The van der Waals surface area contributed by atoms with Crippen LogP contribution in [-0.4, -0.2) is 33.5 Å². The van der Waals surface area contributed by atoms with Gasteiger partial charge in [0.15, 0.2) is 0 Å². The van der Waals surface area contributed by atoms with Gasteiger partial charge in [-0.15, -0.1) is 0 Å². The van der Waals surface area contributed by atoms with Crippen LogP contribution in [-0.2, 0) is 13.1 Å². The Morgan fingerprint density at radius 2 is 2.20 bits per heavy atom. The zero-order chi connectivity index (χ0) is 11.3. The Kier molecular flexibility index (Phi) is 4.81. The van der Waals surface area contributed by atoms with E-state index in [1.54, 1.807) is 0 Å². The molecule has 0 spiro atoms. The summed E-state index contributed by atoms with van der Waals surface area (Å²) < 4.78 is 1.95. The van der Waals surface area contributed by atoms with Gasteiger partial charge in [-0.2, -0.15) is 0 Å². The maximum atomic E-state index is 9.34. The molecule has 1 rings (SSSR count). The second-order valence-electron chi connectivity index (χ2n) is 4.02. The summed E-state index contributed by atoms with van der Waals surface area (Å²) in [6, 6.07) is 4.40. The van der Waals surface area contributed by atoms with Gasteiger partial charge in [0.1, 0.15) is 0 Å². The van der Waals surface area contributed by atoms with Crippen molar-refractivity contribution in [3.05, 3.63) is 24.0 Å². The van der Waals surface area contributed by atoms with Crippen LogP contribution in [0.1, 0.15) is 19.5 Å². The predicted molar refractivity (Wildman–Crippen MR) is 59.5 cm³/mol. The quantitative estimate of drug-likeness (QED) is 0.637. The molecule has 0 aliphatic rings. The van der Waals surface area contributed by atoms with E-state index in [-0.39, 0.29) is 6.61 Å². The third-order valence-electron chi connectivity index (χ3n) is 2.23. The van der Waals surface area contributed by atoms with Crippen LogP contribution in [0.15, 0.2) is 18.3 Å². The van der Waals surface area contributed by atoms with E-state index < -0.39 is 6.10 Å². The molecule has 0 bridgehead atoms. The second kappa shape index (κ2) is 5.90. The van der Waals surface area contributed by atoms with Crippen LogP contribution < -0.4 is 5.32 Å². The van der Waals surface area contributed by atoms with Crippen LogP contribution in [0, 0.1) is 0 Å². The van der Waals surface area contributed by atoms with Gasteiger partial charge in [-0.1, -0.05) is 13.8 Å². The number of hydrogen-bond acceptors (Lipinski definition) is 3. The molecule has 0 aromatic carbocycles. The number of aliphatic hydroxyl groups excluding tert-OH is 2. The first-order chi connectivity index (χ1) is 7.13. The zero-order valence-electron chi connectivity index (χ0n) is 9.35. The molecule has 1 heterocycles. The summed E-state index contributed by atoms with van der Waals surface area (Å²) in [6.07, 6.45) is 1.23. The number of hydrogen-bond donors (Lipinski definition) is 3. The van der Waals surface area contributed by atoms with E-state index in [4.69, 9.17) is 5.11 Å². The third-order valence-corrected chi connectivity index (χ3v) is 2.23. The Morgan fingerprint density at radius 3 is 2.80 bits per heavy atom. The van der Waals surface area contributed by atoms with Crippen molar-refractivity contribution < 1.29 is 10.2 Å². The molecule has 0 radical (unpaired) electrons. The van der Waals surface area contributed by atoms with Crippen molar-refractivity contribution >= 4 is 0 Å². The number of nitrogens with one attached hydrogen (secondary N) is 1. The fourth-order valence-corrected chi connectivity index (χ4v) is 1.38. The van der Waals surface area contributed by atoms with Gasteiger partial charge in [0, 0.05) is 24.5 Å². The maximum Gasteiger partial charge on any atom is 0.0949 e. The molecule has 0 aliphatic heterocycles. The first-order valence-electron chi connectivity index (χ1n) is 5.29. The molecular weight excluding hydrogens is 192 g/mol. The Bertz CT molecular complexity index is 284. The molecule has 4 heteroatoms. The molecule has 0 amide bonds. The number of aliphatic hydroxyl groups is 2. The molecule has 0 saturated carbocycles. The van der Waals surface area contributed by atoms with Crippen LogP contribution in [0.2, 0.25) is 0 Å². The van der Waals surface area contributed by atoms with Crippen LogP contribution >= 0.6 is 0 Å². The van der Waals surface area contributed by atoms with Crippen LogP contribution in [0.3, 0.4) is 0 Å². The van der Waals surface area contributed by atoms with E-state index in [1.807, 2.05) is 22.9 Å². The highest BCUT2D eigenvalue weighted by molar-refractivity contribution is 5.07. The van der Waals surface area contributed by atoms with Gasteiger partial charge in [0.25, 0.3) is 0 Å². The second-order valence-corrected chi connectivity index (χ2v) is 4.02. The molecule has 86 valence electrons. The van der Waals surface area contributed by atoms with E-state index in [0.29, 0.717) is 12.6 Å². The predicted octanol–water partition coefficient (Wildman–Crippen LogP) is 0.339. The van der Waals surface area contributed by atoms with E-state index >= 15 is 0 Å². The molecule has 1 unspecified atom stereocenters. The van der Waals surface area contributed by atoms with Crippen molar-refractivity contribution in [2.24, 2.45) is 0 Å². The lowest BCUT2D eigenvalue weighted by molar-refractivity contribution is 0.0806. The van der Waals surface area contributed by atoms with E-state index in [1.165, 1.54) is 0 Å². The summed E-state index contributed by atoms with van der Waals surface area (Å²) in [7, 11) is 0. The highest BCUT2D eigenvalue weighted by atomic mass is 16.3. The SMILES string of the molecule is CC(C)NCc1cccn1CC(O)CO. The van der Waals surface area contributed by atoms with E-state index in [2.05, 4.69) is 19.2 Å². The molecular formula is C11H20N2O2. The van der Waals surface area contributed by atoms with Crippen LogP contribution in [0.25, 0.3) is 0 Å². The molecule has 0 saturated heterocycles. The lowest BCUT2D eigenvalue weighted by atomic mass is 10.3. The van der Waals surface area contributed by atoms with Gasteiger partial charge < -0.3 is 20.1 Å². The minimum Gasteiger partial charge on any atom is -0.394 e. The Hall–Kier alpha value is -0.840. The topological polar surface area (TPSA) is 57.4 Å². The average molecular weight is 212 g/mol. The summed E-state index contributed by atoms with van der Waals surface area (Å²) in [6.45, 7) is 5.21.